The van der Waals surface area contributed by atoms with E-state index in [4.69, 9.17) is 9.47 Å². The second-order valence-corrected chi connectivity index (χ2v) is 7.98. The number of carbonyl (C=O) groups excluding carboxylic acids is 1. The number of rotatable bonds is 7. The van der Waals surface area contributed by atoms with Crippen molar-refractivity contribution in [1.82, 2.24) is 19.8 Å². The zero-order valence-electron chi connectivity index (χ0n) is 17.8. The minimum atomic E-state index is -0.275. The molecule has 0 atom stereocenters. The Kier molecular flexibility index (Phi) is 5.85. The molecule has 0 saturated heterocycles. The Balaban J connectivity index is 1.53. The van der Waals surface area contributed by atoms with E-state index in [0.717, 1.165) is 38.9 Å². The van der Waals surface area contributed by atoms with Crippen molar-refractivity contribution in [2.45, 2.75) is 27.2 Å². The molecule has 4 aromatic rings. The molecule has 2 heterocycles. The number of nitrogens with one attached hydrogen (secondary N) is 1. The van der Waals surface area contributed by atoms with Crippen LogP contribution in [0.15, 0.2) is 36.4 Å². The van der Waals surface area contributed by atoms with Crippen molar-refractivity contribution >= 4 is 27.9 Å². The standard InChI is InChI=1S/C22H23N5O3S/c1-5-19-24-25-22-27(19)26-21(31-22)15-9-10-18(29-4)16(11-15)23-20(28)12-30-17-8-6-7-13(2)14(17)3/h6-11H,5,12H2,1-4H3,(H,23,28). The number of amides is 1. The van der Waals surface area contributed by atoms with Crippen molar-refractivity contribution in [3.8, 4) is 22.1 Å². The number of methoxy groups -OCH3 is 1. The number of benzene rings is 2. The lowest BCUT2D eigenvalue weighted by molar-refractivity contribution is -0.118. The van der Waals surface area contributed by atoms with Crippen LogP contribution in [0.3, 0.4) is 0 Å². The Hall–Kier alpha value is -3.46. The minimum absolute atomic E-state index is 0.103. The van der Waals surface area contributed by atoms with Gasteiger partial charge in [-0.1, -0.05) is 30.4 Å². The van der Waals surface area contributed by atoms with Crippen LogP contribution in [0.2, 0.25) is 0 Å². The van der Waals surface area contributed by atoms with Gasteiger partial charge >= 0.3 is 0 Å². The summed E-state index contributed by atoms with van der Waals surface area (Å²) in [5.41, 5.74) is 3.54. The lowest BCUT2D eigenvalue weighted by atomic mass is 10.1. The molecule has 0 saturated carbocycles. The van der Waals surface area contributed by atoms with Gasteiger partial charge in [-0.15, -0.1) is 10.2 Å². The molecular formula is C22H23N5O3S. The van der Waals surface area contributed by atoms with Crippen LogP contribution in [0.4, 0.5) is 5.69 Å². The summed E-state index contributed by atoms with van der Waals surface area (Å²) in [5.74, 6) is 1.79. The van der Waals surface area contributed by atoms with Gasteiger partial charge in [-0.3, -0.25) is 4.79 Å². The van der Waals surface area contributed by atoms with Crippen LogP contribution in [-0.2, 0) is 11.2 Å². The van der Waals surface area contributed by atoms with E-state index < -0.39 is 0 Å². The second kappa shape index (κ2) is 8.73. The van der Waals surface area contributed by atoms with E-state index in [1.54, 1.807) is 17.7 Å². The SMILES string of the molecule is CCc1nnc2sc(-c3ccc(OC)c(NC(=O)COc4cccc(C)c4C)c3)nn12. The van der Waals surface area contributed by atoms with Gasteiger partial charge in [0.25, 0.3) is 5.91 Å². The molecule has 0 unspecified atom stereocenters. The van der Waals surface area contributed by atoms with E-state index in [-0.39, 0.29) is 12.5 Å². The number of ether oxygens (including phenoxy) is 2. The molecule has 4 rings (SSSR count). The maximum atomic E-state index is 12.6. The number of carbonyl (C=O) groups is 1. The predicted octanol–water partition coefficient (Wildman–Crippen LogP) is 4.06. The summed E-state index contributed by atoms with van der Waals surface area (Å²) < 4.78 is 12.9. The summed E-state index contributed by atoms with van der Waals surface area (Å²) in [6.07, 6.45) is 0.745. The first kappa shape index (κ1) is 20.8. The quantitative estimate of drug-likeness (QED) is 0.469. The molecule has 0 radical (unpaired) electrons. The smallest absolute Gasteiger partial charge is 0.262 e. The lowest BCUT2D eigenvalue weighted by Gasteiger charge is -2.13. The third-order valence-electron chi connectivity index (χ3n) is 5.01. The highest BCUT2D eigenvalue weighted by Gasteiger charge is 2.15. The number of hydrogen-bond donors (Lipinski definition) is 1. The Morgan fingerprint density at radius 2 is 2.00 bits per heavy atom. The Morgan fingerprint density at radius 1 is 1.16 bits per heavy atom. The van der Waals surface area contributed by atoms with Crippen LogP contribution in [0.25, 0.3) is 15.5 Å². The van der Waals surface area contributed by atoms with E-state index >= 15 is 0 Å². The molecule has 9 heteroatoms. The summed E-state index contributed by atoms with van der Waals surface area (Å²) in [4.78, 5) is 13.3. The molecule has 8 nitrogen and oxygen atoms in total. The molecule has 0 fully saturated rings. The van der Waals surface area contributed by atoms with Crippen LogP contribution >= 0.6 is 11.3 Å². The molecule has 0 aliphatic carbocycles. The average Bonchev–Trinajstić information content (AvgIpc) is 3.35. The fraction of sp³-hybridized carbons (Fsp3) is 0.273. The fourth-order valence-corrected chi connectivity index (χ4v) is 4.00. The molecule has 31 heavy (non-hydrogen) atoms. The summed E-state index contributed by atoms with van der Waals surface area (Å²) in [6, 6.07) is 11.3. The molecule has 1 N–H and O–H groups in total. The Labute approximate surface area is 183 Å². The monoisotopic (exact) mass is 437 g/mol. The number of aryl methyl sites for hydroxylation is 2. The van der Waals surface area contributed by atoms with E-state index in [1.165, 1.54) is 11.3 Å². The molecule has 160 valence electrons. The highest BCUT2D eigenvalue weighted by molar-refractivity contribution is 7.19. The third-order valence-corrected chi connectivity index (χ3v) is 5.95. The highest BCUT2D eigenvalue weighted by atomic mass is 32.1. The first-order valence-electron chi connectivity index (χ1n) is 9.88. The molecule has 0 aliphatic rings. The Morgan fingerprint density at radius 3 is 2.77 bits per heavy atom. The third kappa shape index (κ3) is 4.22. The average molecular weight is 438 g/mol. The predicted molar refractivity (Wildman–Crippen MR) is 120 cm³/mol. The lowest BCUT2D eigenvalue weighted by Crippen LogP contribution is -2.20. The van der Waals surface area contributed by atoms with Crippen LogP contribution < -0.4 is 14.8 Å². The van der Waals surface area contributed by atoms with Crippen molar-refractivity contribution in [1.29, 1.82) is 0 Å². The van der Waals surface area contributed by atoms with Crippen LogP contribution in [-0.4, -0.2) is 39.4 Å². The van der Waals surface area contributed by atoms with Gasteiger partial charge in [-0.2, -0.15) is 9.61 Å². The van der Waals surface area contributed by atoms with Gasteiger partial charge in [0, 0.05) is 12.0 Å². The summed E-state index contributed by atoms with van der Waals surface area (Å²) in [5, 5.41) is 16.6. The number of fused-ring (bicyclic) bond motifs is 1. The molecule has 0 aliphatic heterocycles. The largest absolute Gasteiger partial charge is 0.495 e. The molecule has 0 bridgehead atoms. The van der Waals surface area contributed by atoms with Crippen LogP contribution in [0.5, 0.6) is 11.5 Å². The van der Waals surface area contributed by atoms with Gasteiger partial charge in [0.05, 0.1) is 12.8 Å². The number of anilines is 1. The molecule has 1 amide bonds. The van der Waals surface area contributed by atoms with Crippen molar-refractivity contribution in [2.24, 2.45) is 0 Å². The first-order valence-corrected chi connectivity index (χ1v) is 10.7. The van der Waals surface area contributed by atoms with Gasteiger partial charge in [0.1, 0.15) is 16.5 Å². The van der Waals surface area contributed by atoms with E-state index in [1.807, 2.05) is 51.1 Å². The van der Waals surface area contributed by atoms with Gasteiger partial charge < -0.3 is 14.8 Å². The van der Waals surface area contributed by atoms with Crippen molar-refractivity contribution < 1.29 is 14.3 Å². The van der Waals surface area contributed by atoms with Crippen molar-refractivity contribution in [2.75, 3.05) is 19.0 Å². The zero-order valence-corrected chi connectivity index (χ0v) is 18.6. The molecule has 2 aromatic carbocycles. The number of nitrogens with zero attached hydrogens (tertiary/aromatic N) is 4. The van der Waals surface area contributed by atoms with E-state index in [2.05, 4.69) is 20.6 Å². The summed E-state index contributed by atoms with van der Waals surface area (Å²) in [7, 11) is 1.56. The van der Waals surface area contributed by atoms with Gasteiger partial charge in [-0.05, 0) is 49.2 Å². The van der Waals surface area contributed by atoms with Crippen molar-refractivity contribution in [3.05, 3.63) is 53.3 Å². The zero-order chi connectivity index (χ0) is 22.0. The van der Waals surface area contributed by atoms with Crippen molar-refractivity contribution in [3.63, 3.8) is 0 Å². The first-order chi connectivity index (χ1) is 15.0. The molecular weight excluding hydrogens is 414 g/mol. The van der Waals surface area contributed by atoms with Crippen LogP contribution in [0.1, 0.15) is 23.9 Å². The van der Waals surface area contributed by atoms with Gasteiger partial charge in [0.2, 0.25) is 4.96 Å². The topological polar surface area (TPSA) is 90.6 Å². The summed E-state index contributed by atoms with van der Waals surface area (Å²) in [6.45, 7) is 5.89. The number of hydrogen-bond acceptors (Lipinski definition) is 7. The highest BCUT2D eigenvalue weighted by Crippen LogP contribution is 2.33. The minimum Gasteiger partial charge on any atom is -0.495 e. The van der Waals surface area contributed by atoms with E-state index in [0.29, 0.717) is 17.2 Å². The van der Waals surface area contributed by atoms with Crippen LogP contribution in [0, 0.1) is 13.8 Å². The molecule has 2 aromatic heterocycles. The number of aromatic nitrogens is 4. The normalized spacial score (nSPS) is 11.0. The maximum Gasteiger partial charge on any atom is 0.262 e. The van der Waals surface area contributed by atoms with Gasteiger partial charge in [-0.25, -0.2) is 0 Å². The fourth-order valence-electron chi connectivity index (χ4n) is 3.14. The Bertz CT molecular complexity index is 1250. The molecule has 0 spiro atoms. The summed E-state index contributed by atoms with van der Waals surface area (Å²) >= 11 is 1.44. The van der Waals surface area contributed by atoms with E-state index in [9.17, 15) is 4.79 Å². The second-order valence-electron chi connectivity index (χ2n) is 7.02. The van der Waals surface area contributed by atoms with Gasteiger partial charge in [0.15, 0.2) is 12.4 Å². The maximum absolute atomic E-state index is 12.6.